The lowest BCUT2D eigenvalue weighted by molar-refractivity contribution is 0.511. The van der Waals surface area contributed by atoms with Crippen molar-refractivity contribution in [2.45, 2.75) is 32.4 Å². The SMILES string of the molecule is Nc1ccc(Cn2nc3n(c2=O)CCCC3)cn1. The number of pyridine rings is 1. The highest BCUT2D eigenvalue weighted by Crippen LogP contribution is 2.10. The maximum Gasteiger partial charge on any atom is 0.346 e. The highest BCUT2D eigenvalue weighted by molar-refractivity contribution is 5.29. The van der Waals surface area contributed by atoms with E-state index in [-0.39, 0.29) is 5.69 Å². The van der Waals surface area contributed by atoms with Gasteiger partial charge in [-0.15, -0.1) is 0 Å². The third-order valence-electron chi connectivity index (χ3n) is 3.21. The summed E-state index contributed by atoms with van der Waals surface area (Å²) in [6, 6.07) is 3.60. The summed E-state index contributed by atoms with van der Waals surface area (Å²) >= 11 is 0. The third-order valence-corrected chi connectivity index (χ3v) is 3.21. The minimum atomic E-state index is -0.0264. The van der Waals surface area contributed by atoms with Crippen LogP contribution in [0.2, 0.25) is 0 Å². The van der Waals surface area contributed by atoms with Gasteiger partial charge in [0.2, 0.25) is 0 Å². The second kappa shape index (κ2) is 4.29. The van der Waals surface area contributed by atoms with E-state index in [0.29, 0.717) is 12.4 Å². The molecule has 0 atom stereocenters. The van der Waals surface area contributed by atoms with Crippen molar-refractivity contribution < 1.29 is 0 Å². The minimum absolute atomic E-state index is 0.0264. The van der Waals surface area contributed by atoms with Crippen LogP contribution in [0.4, 0.5) is 5.82 Å². The van der Waals surface area contributed by atoms with E-state index in [2.05, 4.69) is 10.1 Å². The highest BCUT2D eigenvalue weighted by Gasteiger charge is 2.16. The monoisotopic (exact) mass is 245 g/mol. The third kappa shape index (κ3) is 1.90. The Morgan fingerprint density at radius 3 is 2.94 bits per heavy atom. The van der Waals surface area contributed by atoms with Crippen molar-refractivity contribution >= 4 is 5.82 Å². The van der Waals surface area contributed by atoms with Gasteiger partial charge in [-0.3, -0.25) is 4.57 Å². The molecule has 6 nitrogen and oxygen atoms in total. The number of nitrogens with zero attached hydrogens (tertiary/aromatic N) is 4. The molecule has 0 saturated heterocycles. The predicted octanol–water partition coefficient (Wildman–Crippen LogP) is 0.407. The molecule has 6 heteroatoms. The Bertz CT molecular complexity index is 610. The number of rotatable bonds is 2. The first-order valence-corrected chi connectivity index (χ1v) is 6.11. The molecule has 0 amide bonds. The van der Waals surface area contributed by atoms with Crippen LogP contribution in [0.25, 0.3) is 0 Å². The largest absolute Gasteiger partial charge is 0.384 e. The zero-order chi connectivity index (χ0) is 12.5. The summed E-state index contributed by atoms with van der Waals surface area (Å²) in [4.78, 5) is 16.1. The van der Waals surface area contributed by atoms with Gasteiger partial charge in [0.25, 0.3) is 0 Å². The molecule has 0 unspecified atom stereocenters. The number of nitrogens with two attached hydrogens (primary N) is 1. The van der Waals surface area contributed by atoms with E-state index in [4.69, 9.17) is 5.73 Å². The lowest BCUT2D eigenvalue weighted by atomic mass is 10.2. The first-order valence-electron chi connectivity index (χ1n) is 6.11. The van der Waals surface area contributed by atoms with Crippen LogP contribution in [0.15, 0.2) is 23.1 Å². The summed E-state index contributed by atoms with van der Waals surface area (Å²) in [6.07, 6.45) is 4.74. The predicted molar refractivity (Wildman–Crippen MR) is 67.2 cm³/mol. The van der Waals surface area contributed by atoms with Gasteiger partial charge in [-0.25, -0.2) is 14.5 Å². The summed E-state index contributed by atoms with van der Waals surface area (Å²) in [5.41, 5.74) is 6.44. The number of anilines is 1. The van der Waals surface area contributed by atoms with Gasteiger partial charge < -0.3 is 5.73 Å². The van der Waals surface area contributed by atoms with Gasteiger partial charge in [-0.2, -0.15) is 5.10 Å². The Morgan fingerprint density at radius 1 is 1.33 bits per heavy atom. The summed E-state index contributed by atoms with van der Waals surface area (Å²) < 4.78 is 3.28. The van der Waals surface area contributed by atoms with Gasteiger partial charge in [0, 0.05) is 19.2 Å². The summed E-state index contributed by atoms with van der Waals surface area (Å²) in [5.74, 6) is 1.38. The van der Waals surface area contributed by atoms with Crippen molar-refractivity contribution in [3.63, 3.8) is 0 Å². The van der Waals surface area contributed by atoms with Crippen molar-refractivity contribution in [3.05, 3.63) is 40.2 Å². The standard InChI is InChI=1S/C12H15N5O/c13-10-5-4-9(7-14-10)8-17-12(18)16-6-2-1-3-11(16)15-17/h4-5,7H,1-3,6,8H2,(H2,13,14). The smallest absolute Gasteiger partial charge is 0.346 e. The average molecular weight is 245 g/mol. The zero-order valence-corrected chi connectivity index (χ0v) is 10.0. The number of aromatic nitrogens is 4. The van der Waals surface area contributed by atoms with Crippen molar-refractivity contribution in [3.8, 4) is 0 Å². The van der Waals surface area contributed by atoms with Crippen molar-refractivity contribution in [2.24, 2.45) is 0 Å². The Morgan fingerprint density at radius 2 is 2.22 bits per heavy atom. The van der Waals surface area contributed by atoms with Crippen LogP contribution in [0.5, 0.6) is 0 Å². The molecule has 3 rings (SSSR count). The van der Waals surface area contributed by atoms with E-state index in [1.807, 2.05) is 6.07 Å². The van der Waals surface area contributed by atoms with Crippen LogP contribution in [0.3, 0.4) is 0 Å². The van der Waals surface area contributed by atoms with Gasteiger partial charge >= 0.3 is 5.69 Å². The maximum atomic E-state index is 12.1. The van der Waals surface area contributed by atoms with Crippen molar-refractivity contribution in [2.75, 3.05) is 5.73 Å². The fourth-order valence-corrected chi connectivity index (χ4v) is 2.25. The molecule has 18 heavy (non-hydrogen) atoms. The average Bonchev–Trinajstić information content (AvgIpc) is 2.70. The molecule has 0 fully saturated rings. The van der Waals surface area contributed by atoms with Crippen LogP contribution in [0, 0.1) is 0 Å². The van der Waals surface area contributed by atoms with Gasteiger partial charge in [0.15, 0.2) is 0 Å². The molecule has 94 valence electrons. The van der Waals surface area contributed by atoms with E-state index in [1.54, 1.807) is 16.8 Å². The van der Waals surface area contributed by atoms with Gasteiger partial charge in [0.05, 0.1) is 6.54 Å². The van der Waals surface area contributed by atoms with E-state index in [1.165, 1.54) is 4.68 Å². The number of hydrogen-bond acceptors (Lipinski definition) is 4. The van der Waals surface area contributed by atoms with E-state index in [9.17, 15) is 4.79 Å². The first kappa shape index (κ1) is 11.0. The molecular formula is C12H15N5O. The lowest BCUT2D eigenvalue weighted by Crippen LogP contribution is -2.27. The molecule has 2 N–H and O–H groups in total. The molecule has 0 aliphatic carbocycles. The topological polar surface area (TPSA) is 78.7 Å². The fourth-order valence-electron chi connectivity index (χ4n) is 2.25. The second-order valence-electron chi connectivity index (χ2n) is 4.56. The molecule has 1 aliphatic rings. The molecule has 0 saturated carbocycles. The van der Waals surface area contributed by atoms with E-state index in [0.717, 1.165) is 37.2 Å². The van der Waals surface area contributed by atoms with Crippen molar-refractivity contribution in [1.29, 1.82) is 0 Å². The highest BCUT2D eigenvalue weighted by atomic mass is 16.2. The van der Waals surface area contributed by atoms with E-state index < -0.39 is 0 Å². The second-order valence-corrected chi connectivity index (χ2v) is 4.56. The molecule has 0 aromatic carbocycles. The Kier molecular flexibility index (Phi) is 2.62. The van der Waals surface area contributed by atoms with E-state index >= 15 is 0 Å². The molecule has 0 bridgehead atoms. The molecule has 2 aromatic heterocycles. The molecule has 1 aliphatic heterocycles. The first-order chi connectivity index (χ1) is 8.74. The molecule has 0 radical (unpaired) electrons. The van der Waals surface area contributed by atoms with Crippen LogP contribution in [-0.4, -0.2) is 19.3 Å². The molecule has 2 aromatic rings. The quantitative estimate of drug-likeness (QED) is 0.831. The summed E-state index contributed by atoms with van der Waals surface area (Å²) in [5, 5.41) is 4.38. The molecular weight excluding hydrogens is 230 g/mol. The molecule has 0 spiro atoms. The maximum absolute atomic E-state index is 12.1. The van der Waals surface area contributed by atoms with Gasteiger partial charge in [0.1, 0.15) is 11.6 Å². The minimum Gasteiger partial charge on any atom is -0.384 e. The summed E-state index contributed by atoms with van der Waals surface area (Å²) in [7, 11) is 0. The van der Waals surface area contributed by atoms with Gasteiger partial charge in [-0.05, 0) is 24.5 Å². The summed E-state index contributed by atoms with van der Waals surface area (Å²) in [6.45, 7) is 1.24. The van der Waals surface area contributed by atoms with Crippen LogP contribution >= 0.6 is 0 Å². The lowest BCUT2D eigenvalue weighted by Gasteiger charge is -2.09. The Hall–Kier alpha value is -2.11. The molecule has 3 heterocycles. The number of fused-ring (bicyclic) bond motifs is 1. The zero-order valence-electron chi connectivity index (χ0n) is 10.0. The Labute approximate surface area is 104 Å². The van der Waals surface area contributed by atoms with Gasteiger partial charge in [-0.1, -0.05) is 6.07 Å². The van der Waals surface area contributed by atoms with Crippen LogP contribution in [-0.2, 0) is 19.5 Å². The number of aryl methyl sites for hydroxylation is 1. The number of hydrogen-bond donors (Lipinski definition) is 1. The number of nitrogen functional groups attached to an aromatic ring is 1. The fraction of sp³-hybridized carbons (Fsp3) is 0.417. The normalized spacial score (nSPS) is 14.4. The van der Waals surface area contributed by atoms with Crippen LogP contribution in [0.1, 0.15) is 24.2 Å². The van der Waals surface area contributed by atoms with Crippen molar-refractivity contribution in [1.82, 2.24) is 19.3 Å². The van der Waals surface area contributed by atoms with Crippen LogP contribution < -0.4 is 11.4 Å². The Balaban J connectivity index is 1.91.